The molecule has 0 unspecified atom stereocenters. The largest absolute Gasteiger partial charge is 0.508 e. The number of phenols is 1. The molecule has 80 valence electrons. The molecule has 0 heterocycles. The molecule has 1 aromatic rings. The molecule has 1 rings (SSSR count). The van der Waals surface area contributed by atoms with E-state index in [1.165, 1.54) is 0 Å². The van der Waals surface area contributed by atoms with Gasteiger partial charge in [0.2, 0.25) is 6.29 Å². The number of para-hydroxylation sites is 1. The number of hydrogen-bond donors (Lipinski definition) is 2. The number of carboxylic acids is 1. The van der Waals surface area contributed by atoms with Gasteiger partial charge in [-0.25, -0.2) is 4.79 Å². The summed E-state index contributed by atoms with van der Waals surface area (Å²) in [5.74, 6) is -1.08. The molecule has 1 aromatic carbocycles. The fourth-order valence-corrected chi connectivity index (χ4v) is 0.839. The highest BCUT2D eigenvalue weighted by atomic mass is 16.4. The minimum atomic E-state index is -1.43. The number of carboxylic acid groups (broad SMARTS) is 1. The first-order valence-electron chi connectivity index (χ1n) is 4.17. The van der Waals surface area contributed by atoms with Crippen LogP contribution in [0.5, 0.6) is 5.75 Å². The van der Waals surface area contributed by atoms with E-state index in [-0.39, 0.29) is 6.29 Å². The van der Waals surface area contributed by atoms with Crippen LogP contribution in [-0.4, -0.2) is 22.5 Å². The van der Waals surface area contributed by atoms with Gasteiger partial charge in [0.1, 0.15) is 5.75 Å². The molecule has 0 aromatic heterocycles. The molecule has 0 amide bonds. The van der Waals surface area contributed by atoms with Crippen molar-refractivity contribution in [1.82, 2.24) is 0 Å². The third-order valence-electron chi connectivity index (χ3n) is 1.46. The maximum absolute atomic E-state index is 9.19. The number of phenolic OH excluding ortho intramolecular Hbond substituents is 1. The van der Waals surface area contributed by atoms with Crippen LogP contribution in [0.4, 0.5) is 0 Å². The predicted molar refractivity (Wildman–Crippen MR) is 55.7 cm³/mol. The summed E-state index contributed by atoms with van der Waals surface area (Å²) in [5.41, 5.74) is 0.928. The van der Waals surface area contributed by atoms with Crippen LogP contribution in [0.25, 0.3) is 0 Å². The van der Waals surface area contributed by atoms with Crippen molar-refractivity contribution < 1.29 is 19.8 Å². The summed E-state index contributed by atoms with van der Waals surface area (Å²) in [6, 6.07) is 7.27. The van der Waals surface area contributed by atoms with Crippen LogP contribution in [0, 0.1) is 0 Å². The van der Waals surface area contributed by atoms with E-state index in [4.69, 9.17) is 14.7 Å². The standard InChI is InChI=1S/C9H10O.C2H2O3/c1-2-5-8-6-3-4-7-9(8)10;3-1-2(4)5/h2-4,6-7,10H,1,5H2;1H,(H,4,5). The molecule has 0 saturated carbocycles. The lowest BCUT2D eigenvalue weighted by molar-refractivity contribution is -0.143. The minimum absolute atomic E-state index is 0.167. The molecule has 0 saturated heterocycles. The van der Waals surface area contributed by atoms with Crippen molar-refractivity contribution in [2.45, 2.75) is 6.42 Å². The van der Waals surface area contributed by atoms with E-state index in [0.29, 0.717) is 5.75 Å². The van der Waals surface area contributed by atoms with E-state index in [1.54, 1.807) is 12.1 Å². The number of aliphatic carboxylic acids is 1. The van der Waals surface area contributed by atoms with E-state index >= 15 is 0 Å². The van der Waals surface area contributed by atoms with Crippen LogP contribution in [0.2, 0.25) is 0 Å². The van der Waals surface area contributed by atoms with Gasteiger partial charge in [0.05, 0.1) is 0 Å². The molecule has 0 spiro atoms. The van der Waals surface area contributed by atoms with Crippen molar-refractivity contribution in [2.24, 2.45) is 0 Å². The molecule has 0 aliphatic rings. The molecular weight excluding hydrogens is 196 g/mol. The van der Waals surface area contributed by atoms with Gasteiger partial charge in [-0.1, -0.05) is 24.3 Å². The Morgan fingerprint density at radius 2 is 1.93 bits per heavy atom. The van der Waals surface area contributed by atoms with Crippen molar-refractivity contribution in [3.05, 3.63) is 42.5 Å². The molecule has 0 aliphatic carbocycles. The SMILES string of the molecule is C=CCc1ccccc1O.O=CC(=O)O. The molecule has 2 N–H and O–H groups in total. The molecule has 0 aliphatic heterocycles. The zero-order valence-electron chi connectivity index (χ0n) is 8.09. The lowest BCUT2D eigenvalue weighted by atomic mass is 10.1. The highest BCUT2D eigenvalue weighted by molar-refractivity contribution is 6.19. The number of rotatable bonds is 3. The predicted octanol–water partition coefficient (Wildman–Crippen LogP) is 1.39. The van der Waals surface area contributed by atoms with Gasteiger partial charge < -0.3 is 10.2 Å². The summed E-state index contributed by atoms with van der Waals surface area (Å²) in [7, 11) is 0. The third-order valence-corrected chi connectivity index (χ3v) is 1.46. The zero-order chi connectivity index (χ0) is 11.7. The summed E-state index contributed by atoms with van der Waals surface area (Å²) < 4.78 is 0. The number of allylic oxidation sites excluding steroid dienone is 1. The van der Waals surface area contributed by atoms with Crippen molar-refractivity contribution in [3.8, 4) is 5.75 Å². The summed E-state index contributed by atoms with van der Waals surface area (Å²) in [6.45, 7) is 3.59. The molecule has 0 atom stereocenters. The molecule has 15 heavy (non-hydrogen) atoms. The maximum atomic E-state index is 9.19. The van der Waals surface area contributed by atoms with Gasteiger partial charge >= 0.3 is 5.97 Å². The van der Waals surface area contributed by atoms with Crippen LogP contribution in [0.15, 0.2) is 36.9 Å². The molecule has 0 fully saturated rings. The summed E-state index contributed by atoms with van der Waals surface area (Å²) in [5, 5.41) is 16.5. The zero-order valence-corrected chi connectivity index (χ0v) is 8.09. The lowest BCUT2D eigenvalue weighted by Gasteiger charge is -1.97. The average molecular weight is 208 g/mol. The lowest BCUT2D eigenvalue weighted by Crippen LogP contribution is -1.91. The van der Waals surface area contributed by atoms with Gasteiger partial charge in [0, 0.05) is 0 Å². The topological polar surface area (TPSA) is 74.6 Å². The summed E-state index contributed by atoms with van der Waals surface area (Å²) in [4.78, 5) is 17.9. The third kappa shape index (κ3) is 6.04. The van der Waals surface area contributed by atoms with E-state index < -0.39 is 5.97 Å². The Morgan fingerprint density at radius 3 is 2.33 bits per heavy atom. The Morgan fingerprint density at radius 1 is 1.40 bits per heavy atom. The molecule has 0 radical (unpaired) electrons. The van der Waals surface area contributed by atoms with Gasteiger partial charge in [-0.3, -0.25) is 4.79 Å². The van der Waals surface area contributed by atoms with Gasteiger partial charge in [0.15, 0.2) is 0 Å². The van der Waals surface area contributed by atoms with Crippen LogP contribution >= 0.6 is 0 Å². The molecule has 0 bridgehead atoms. The Balaban J connectivity index is 0.000000336. The molecule has 4 heteroatoms. The Hall–Kier alpha value is -2.10. The van der Waals surface area contributed by atoms with Gasteiger partial charge in [0.25, 0.3) is 0 Å². The maximum Gasteiger partial charge on any atom is 0.368 e. The second-order valence-electron chi connectivity index (χ2n) is 2.58. The monoisotopic (exact) mass is 208 g/mol. The normalized spacial score (nSPS) is 8.27. The molecule has 4 nitrogen and oxygen atoms in total. The highest BCUT2D eigenvalue weighted by Gasteiger charge is 1.93. The fraction of sp³-hybridized carbons (Fsp3) is 0.0909. The number of aldehydes is 1. The van der Waals surface area contributed by atoms with Crippen molar-refractivity contribution in [3.63, 3.8) is 0 Å². The average Bonchev–Trinajstić information content (AvgIpc) is 2.23. The first kappa shape index (κ1) is 12.9. The van der Waals surface area contributed by atoms with Crippen LogP contribution in [-0.2, 0) is 16.0 Å². The number of aromatic hydroxyl groups is 1. The van der Waals surface area contributed by atoms with Crippen molar-refractivity contribution in [1.29, 1.82) is 0 Å². The highest BCUT2D eigenvalue weighted by Crippen LogP contribution is 2.15. The first-order chi connectivity index (χ1) is 7.11. The first-order valence-corrected chi connectivity index (χ1v) is 4.17. The summed E-state index contributed by atoms with van der Waals surface area (Å²) >= 11 is 0. The number of carbonyl (C=O) groups excluding carboxylic acids is 1. The van der Waals surface area contributed by atoms with Crippen molar-refractivity contribution >= 4 is 12.3 Å². The second-order valence-corrected chi connectivity index (χ2v) is 2.58. The number of hydrogen-bond acceptors (Lipinski definition) is 3. The fourth-order valence-electron chi connectivity index (χ4n) is 0.839. The van der Waals surface area contributed by atoms with E-state index in [0.717, 1.165) is 12.0 Å². The van der Waals surface area contributed by atoms with Crippen molar-refractivity contribution in [2.75, 3.05) is 0 Å². The minimum Gasteiger partial charge on any atom is -0.508 e. The van der Waals surface area contributed by atoms with E-state index in [9.17, 15) is 5.11 Å². The quantitative estimate of drug-likeness (QED) is 0.447. The second kappa shape index (κ2) is 7.32. The van der Waals surface area contributed by atoms with Crippen LogP contribution in [0.3, 0.4) is 0 Å². The number of benzene rings is 1. The molecular formula is C11H12O4. The van der Waals surface area contributed by atoms with Crippen LogP contribution < -0.4 is 0 Å². The Kier molecular flexibility index (Phi) is 6.29. The Labute approximate surface area is 87.5 Å². The summed E-state index contributed by atoms with van der Waals surface area (Å²) in [6.07, 6.45) is 2.34. The smallest absolute Gasteiger partial charge is 0.368 e. The number of carbonyl (C=O) groups is 2. The van der Waals surface area contributed by atoms with Gasteiger partial charge in [-0.15, -0.1) is 6.58 Å². The van der Waals surface area contributed by atoms with Gasteiger partial charge in [-0.05, 0) is 18.1 Å². The van der Waals surface area contributed by atoms with E-state index in [1.807, 2.05) is 18.2 Å². The van der Waals surface area contributed by atoms with Crippen LogP contribution in [0.1, 0.15) is 5.56 Å². The van der Waals surface area contributed by atoms with Gasteiger partial charge in [-0.2, -0.15) is 0 Å². The Bertz CT molecular complexity index is 344. The van der Waals surface area contributed by atoms with E-state index in [2.05, 4.69) is 6.58 Å².